The van der Waals surface area contributed by atoms with E-state index in [2.05, 4.69) is 43.1 Å². The third-order valence-electron chi connectivity index (χ3n) is 2.84. The molecule has 0 aromatic heterocycles. The molecule has 0 fully saturated rings. The Labute approximate surface area is 144 Å². The summed E-state index contributed by atoms with van der Waals surface area (Å²) in [5, 5.41) is 9.36. The van der Waals surface area contributed by atoms with Crippen LogP contribution in [-0.4, -0.2) is 50.6 Å². The van der Waals surface area contributed by atoms with Crippen molar-refractivity contribution in [3.8, 4) is 0 Å². The molecule has 22 heavy (non-hydrogen) atoms. The molecule has 0 aliphatic heterocycles. The molecule has 1 rings (SSSR count). The van der Waals surface area contributed by atoms with Crippen LogP contribution in [0.4, 0.5) is 0 Å². The summed E-state index contributed by atoms with van der Waals surface area (Å²) in [5.41, 5.74) is 0.664. The summed E-state index contributed by atoms with van der Waals surface area (Å²) >= 11 is 5.15. The van der Waals surface area contributed by atoms with Gasteiger partial charge in [0.1, 0.15) is 0 Å². The smallest absolute Gasteiger partial charge is 0.251 e. The van der Waals surface area contributed by atoms with Gasteiger partial charge in [0.15, 0.2) is 5.96 Å². The topological polar surface area (TPSA) is 65.5 Å². The van der Waals surface area contributed by atoms with E-state index in [1.165, 1.54) is 0 Å². The van der Waals surface area contributed by atoms with Crippen LogP contribution < -0.4 is 16.0 Å². The maximum absolute atomic E-state index is 11.9. The first-order valence-corrected chi connectivity index (χ1v) is 9.33. The second-order valence-electron chi connectivity index (χ2n) is 4.54. The van der Waals surface area contributed by atoms with Crippen LogP contribution in [0.15, 0.2) is 33.7 Å². The molecule has 1 aromatic carbocycles. The van der Waals surface area contributed by atoms with Gasteiger partial charge in [0, 0.05) is 42.5 Å². The lowest BCUT2D eigenvalue weighted by Gasteiger charge is -2.11. The number of carbonyl (C=O) groups excluding carboxylic acids is 1. The Kier molecular flexibility index (Phi) is 9.74. The van der Waals surface area contributed by atoms with E-state index in [4.69, 9.17) is 0 Å². The summed E-state index contributed by atoms with van der Waals surface area (Å²) in [4.78, 5) is 16.1. The Morgan fingerprint density at radius 3 is 2.64 bits per heavy atom. The van der Waals surface area contributed by atoms with E-state index in [0.29, 0.717) is 12.1 Å². The van der Waals surface area contributed by atoms with Crippen LogP contribution in [0.2, 0.25) is 0 Å². The Morgan fingerprint density at radius 1 is 1.23 bits per heavy atom. The van der Waals surface area contributed by atoms with Crippen molar-refractivity contribution >= 4 is 39.6 Å². The van der Waals surface area contributed by atoms with E-state index >= 15 is 0 Å². The number of nitrogens with zero attached hydrogens (tertiary/aromatic N) is 1. The van der Waals surface area contributed by atoms with Gasteiger partial charge in [0.25, 0.3) is 5.91 Å². The Balaban J connectivity index is 2.18. The average molecular weight is 387 g/mol. The van der Waals surface area contributed by atoms with Crippen molar-refractivity contribution in [2.24, 2.45) is 4.99 Å². The van der Waals surface area contributed by atoms with Crippen LogP contribution in [0.1, 0.15) is 16.8 Å². The van der Waals surface area contributed by atoms with Gasteiger partial charge in [-0.2, -0.15) is 11.8 Å². The van der Waals surface area contributed by atoms with Gasteiger partial charge in [-0.15, -0.1) is 0 Å². The molecule has 7 heteroatoms. The SMILES string of the molecule is CN=C(NCCCNC(=O)c1cccc(Br)c1)NCCSC. The zero-order valence-corrected chi connectivity index (χ0v) is 15.4. The fraction of sp³-hybridized carbons (Fsp3) is 0.467. The van der Waals surface area contributed by atoms with Crippen LogP contribution >= 0.6 is 27.7 Å². The number of amides is 1. The van der Waals surface area contributed by atoms with Gasteiger partial charge in [-0.1, -0.05) is 22.0 Å². The first-order chi connectivity index (χ1) is 10.7. The predicted molar refractivity (Wildman–Crippen MR) is 98.8 cm³/mol. The van der Waals surface area contributed by atoms with Crippen LogP contribution in [0, 0.1) is 0 Å². The lowest BCUT2D eigenvalue weighted by molar-refractivity contribution is 0.0953. The van der Waals surface area contributed by atoms with E-state index < -0.39 is 0 Å². The van der Waals surface area contributed by atoms with Crippen LogP contribution in [0.3, 0.4) is 0 Å². The second-order valence-corrected chi connectivity index (χ2v) is 6.44. The molecule has 0 aliphatic rings. The molecule has 0 saturated carbocycles. The second kappa shape index (κ2) is 11.4. The molecule has 0 atom stereocenters. The summed E-state index contributed by atoms with van der Waals surface area (Å²) in [5.74, 6) is 1.79. The number of rotatable bonds is 8. The molecular formula is C15H23BrN4OS. The molecule has 122 valence electrons. The van der Waals surface area contributed by atoms with Gasteiger partial charge in [-0.3, -0.25) is 9.79 Å². The van der Waals surface area contributed by atoms with E-state index in [1.54, 1.807) is 24.9 Å². The summed E-state index contributed by atoms with van der Waals surface area (Å²) in [6.45, 7) is 2.28. The summed E-state index contributed by atoms with van der Waals surface area (Å²) < 4.78 is 0.905. The minimum absolute atomic E-state index is 0.0521. The number of aliphatic imine (C=N–C) groups is 1. The zero-order valence-electron chi connectivity index (χ0n) is 13.0. The molecule has 0 spiro atoms. The van der Waals surface area contributed by atoms with Crippen LogP contribution in [-0.2, 0) is 0 Å². The minimum Gasteiger partial charge on any atom is -0.356 e. The number of guanidine groups is 1. The lowest BCUT2D eigenvalue weighted by Crippen LogP contribution is -2.39. The maximum Gasteiger partial charge on any atom is 0.251 e. The molecule has 1 amide bonds. The van der Waals surface area contributed by atoms with E-state index in [9.17, 15) is 4.79 Å². The average Bonchev–Trinajstić information content (AvgIpc) is 2.52. The molecule has 0 saturated heterocycles. The highest BCUT2D eigenvalue weighted by Gasteiger charge is 2.04. The van der Waals surface area contributed by atoms with Gasteiger partial charge in [-0.05, 0) is 30.9 Å². The predicted octanol–water partition coefficient (Wildman–Crippen LogP) is 2.10. The lowest BCUT2D eigenvalue weighted by atomic mass is 10.2. The van der Waals surface area contributed by atoms with Crippen LogP contribution in [0.5, 0.6) is 0 Å². The molecule has 0 aliphatic carbocycles. The van der Waals surface area contributed by atoms with Crippen molar-refractivity contribution in [2.75, 3.05) is 38.7 Å². The highest BCUT2D eigenvalue weighted by Crippen LogP contribution is 2.11. The van der Waals surface area contributed by atoms with Crippen molar-refractivity contribution < 1.29 is 4.79 Å². The molecule has 0 heterocycles. The number of carbonyl (C=O) groups is 1. The monoisotopic (exact) mass is 386 g/mol. The van der Waals surface area contributed by atoms with Crippen molar-refractivity contribution in [1.82, 2.24) is 16.0 Å². The van der Waals surface area contributed by atoms with Crippen molar-refractivity contribution in [3.05, 3.63) is 34.3 Å². The number of hydrogen-bond acceptors (Lipinski definition) is 3. The van der Waals surface area contributed by atoms with Gasteiger partial charge in [-0.25, -0.2) is 0 Å². The molecule has 1 aromatic rings. The van der Waals surface area contributed by atoms with E-state index in [0.717, 1.165) is 35.7 Å². The number of benzene rings is 1. The van der Waals surface area contributed by atoms with Crippen molar-refractivity contribution in [1.29, 1.82) is 0 Å². The first-order valence-electron chi connectivity index (χ1n) is 7.14. The number of halogens is 1. The van der Waals surface area contributed by atoms with Crippen molar-refractivity contribution in [2.45, 2.75) is 6.42 Å². The van der Waals surface area contributed by atoms with Crippen molar-refractivity contribution in [3.63, 3.8) is 0 Å². The largest absolute Gasteiger partial charge is 0.356 e. The third-order valence-corrected chi connectivity index (χ3v) is 3.95. The van der Waals surface area contributed by atoms with Crippen LogP contribution in [0.25, 0.3) is 0 Å². The number of hydrogen-bond donors (Lipinski definition) is 3. The standard InChI is InChI=1S/C15H23BrN4OS/c1-17-15(20-9-10-22-2)19-8-4-7-18-14(21)12-5-3-6-13(16)11-12/h3,5-6,11H,4,7-10H2,1-2H3,(H,18,21)(H2,17,19,20). The third kappa shape index (κ3) is 7.70. The Hall–Kier alpha value is -1.21. The Morgan fingerprint density at radius 2 is 1.95 bits per heavy atom. The maximum atomic E-state index is 11.9. The molecule has 5 nitrogen and oxygen atoms in total. The zero-order chi connectivity index (χ0) is 16.2. The molecular weight excluding hydrogens is 364 g/mol. The van der Waals surface area contributed by atoms with Gasteiger partial charge < -0.3 is 16.0 Å². The van der Waals surface area contributed by atoms with Gasteiger partial charge >= 0.3 is 0 Å². The summed E-state index contributed by atoms with van der Waals surface area (Å²) in [7, 11) is 1.75. The fourth-order valence-electron chi connectivity index (χ4n) is 1.72. The Bertz CT molecular complexity index is 496. The molecule has 0 bridgehead atoms. The number of nitrogens with one attached hydrogen (secondary N) is 3. The highest BCUT2D eigenvalue weighted by atomic mass is 79.9. The molecule has 0 radical (unpaired) electrons. The molecule has 3 N–H and O–H groups in total. The minimum atomic E-state index is -0.0521. The van der Waals surface area contributed by atoms with Gasteiger partial charge in [0.2, 0.25) is 0 Å². The normalized spacial score (nSPS) is 11.1. The van der Waals surface area contributed by atoms with E-state index in [-0.39, 0.29) is 5.91 Å². The highest BCUT2D eigenvalue weighted by molar-refractivity contribution is 9.10. The van der Waals surface area contributed by atoms with E-state index in [1.807, 2.05) is 18.2 Å². The molecule has 0 unspecified atom stereocenters. The summed E-state index contributed by atoms with van der Waals surface area (Å²) in [6, 6.07) is 7.36. The van der Waals surface area contributed by atoms with Gasteiger partial charge in [0.05, 0.1) is 0 Å². The summed E-state index contributed by atoms with van der Waals surface area (Å²) in [6.07, 6.45) is 2.91. The quantitative estimate of drug-likeness (QED) is 0.363. The first kappa shape index (κ1) is 18.8. The number of thioether (sulfide) groups is 1. The fourth-order valence-corrected chi connectivity index (χ4v) is 2.43.